The average molecular weight is 330 g/mol. The fraction of sp³-hybridized carbons (Fsp3) is 0.579. The summed E-state index contributed by atoms with van der Waals surface area (Å²) in [4.78, 5) is 25.6. The highest BCUT2D eigenvalue weighted by Gasteiger charge is 2.23. The lowest BCUT2D eigenvalue weighted by molar-refractivity contribution is -0.124. The van der Waals surface area contributed by atoms with Gasteiger partial charge in [-0.1, -0.05) is 19.8 Å². The van der Waals surface area contributed by atoms with Crippen LogP contribution in [0.2, 0.25) is 0 Å². The van der Waals surface area contributed by atoms with Gasteiger partial charge in [0.15, 0.2) is 6.61 Å². The molecule has 1 aliphatic heterocycles. The van der Waals surface area contributed by atoms with Crippen LogP contribution in [0, 0.1) is 5.92 Å². The van der Waals surface area contributed by atoms with Crippen LogP contribution in [0.5, 0.6) is 5.75 Å². The molecule has 3 rings (SSSR count). The minimum Gasteiger partial charge on any atom is -0.484 e. The summed E-state index contributed by atoms with van der Waals surface area (Å²) in [6, 6.07) is 7.66. The molecule has 1 heterocycles. The molecule has 1 aromatic rings. The number of nitrogens with zero attached hydrogens (tertiary/aromatic N) is 1. The molecule has 1 aliphatic carbocycles. The van der Waals surface area contributed by atoms with E-state index in [2.05, 4.69) is 12.2 Å². The van der Waals surface area contributed by atoms with Crippen LogP contribution in [0.25, 0.3) is 0 Å². The Bertz CT molecular complexity index is 585. The maximum atomic E-state index is 12.1. The molecule has 0 radical (unpaired) electrons. The van der Waals surface area contributed by atoms with E-state index < -0.39 is 0 Å². The predicted octanol–water partition coefficient (Wildman–Crippen LogP) is 2.89. The molecule has 24 heavy (non-hydrogen) atoms. The number of nitrogens with one attached hydrogen (secondary N) is 1. The molecular formula is C19H26N2O3. The standard InChI is InChI=1S/C19H26N2O3/c1-14-5-2-3-6-17(14)20-18(22)13-24-16-10-8-15(9-11-16)21-12-4-7-19(21)23/h8-11,14,17H,2-7,12-13H2,1H3,(H,20,22)/t14-,17-/m0/s1. The van der Waals surface area contributed by atoms with E-state index in [1.165, 1.54) is 19.3 Å². The summed E-state index contributed by atoms with van der Waals surface area (Å²) >= 11 is 0. The summed E-state index contributed by atoms with van der Waals surface area (Å²) in [6.07, 6.45) is 6.23. The maximum Gasteiger partial charge on any atom is 0.258 e. The molecule has 1 saturated heterocycles. The SMILES string of the molecule is C[C@H]1CCCC[C@@H]1NC(=O)COc1ccc(N2CCCC2=O)cc1. The lowest BCUT2D eigenvalue weighted by Crippen LogP contribution is -2.43. The van der Waals surface area contributed by atoms with Gasteiger partial charge in [-0.25, -0.2) is 0 Å². The number of hydrogen-bond acceptors (Lipinski definition) is 3. The highest BCUT2D eigenvalue weighted by Crippen LogP contribution is 2.25. The molecule has 0 aromatic heterocycles. The number of anilines is 1. The minimum absolute atomic E-state index is 0.0329. The second kappa shape index (κ2) is 7.69. The summed E-state index contributed by atoms with van der Waals surface area (Å²) in [7, 11) is 0. The van der Waals surface area contributed by atoms with Gasteiger partial charge in [0, 0.05) is 24.7 Å². The number of rotatable bonds is 5. The number of hydrogen-bond donors (Lipinski definition) is 1. The van der Waals surface area contributed by atoms with Gasteiger partial charge in [-0.05, 0) is 49.4 Å². The quantitative estimate of drug-likeness (QED) is 0.903. The van der Waals surface area contributed by atoms with E-state index in [1.807, 2.05) is 24.3 Å². The first-order valence-corrected chi connectivity index (χ1v) is 8.96. The Hall–Kier alpha value is -2.04. The van der Waals surface area contributed by atoms with Gasteiger partial charge in [-0.15, -0.1) is 0 Å². The van der Waals surface area contributed by atoms with Crippen LogP contribution in [-0.4, -0.2) is 31.0 Å². The first-order valence-electron chi connectivity index (χ1n) is 8.96. The Morgan fingerprint density at radius 3 is 2.62 bits per heavy atom. The molecule has 2 fully saturated rings. The van der Waals surface area contributed by atoms with E-state index in [4.69, 9.17) is 4.74 Å². The van der Waals surface area contributed by atoms with Gasteiger partial charge in [0.25, 0.3) is 5.91 Å². The van der Waals surface area contributed by atoms with Crippen LogP contribution in [0.3, 0.4) is 0 Å². The molecule has 5 nitrogen and oxygen atoms in total. The van der Waals surface area contributed by atoms with Crippen LogP contribution < -0.4 is 15.0 Å². The fourth-order valence-electron chi connectivity index (χ4n) is 3.57. The molecule has 130 valence electrons. The maximum absolute atomic E-state index is 12.1. The van der Waals surface area contributed by atoms with Crippen molar-refractivity contribution in [1.82, 2.24) is 5.32 Å². The Kier molecular flexibility index (Phi) is 5.38. The van der Waals surface area contributed by atoms with E-state index >= 15 is 0 Å². The van der Waals surface area contributed by atoms with E-state index in [9.17, 15) is 9.59 Å². The minimum atomic E-state index is -0.0625. The van der Waals surface area contributed by atoms with Crippen molar-refractivity contribution in [2.75, 3.05) is 18.1 Å². The summed E-state index contributed by atoms with van der Waals surface area (Å²) in [5.41, 5.74) is 0.894. The fourth-order valence-corrected chi connectivity index (χ4v) is 3.57. The van der Waals surface area contributed by atoms with Gasteiger partial charge in [0.1, 0.15) is 5.75 Å². The molecule has 5 heteroatoms. The Labute approximate surface area is 143 Å². The summed E-state index contributed by atoms with van der Waals surface area (Å²) < 4.78 is 5.57. The van der Waals surface area contributed by atoms with E-state index in [0.29, 0.717) is 18.1 Å². The van der Waals surface area contributed by atoms with Gasteiger partial charge in [0.05, 0.1) is 0 Å². The topological polar surface area (TPSA) is 58.6 Å². The van der Waals surface area contributed by atoms with Crippen molar-refractivity contribution in [3.05, 3.63) is 24.3 Å². The number of benzene rings is 1. The molecule has 1 aromatic carbocycles. The van der Waals surface area contributed by atoms with Crippen LogP contribution in [0.1, 0.15) is 45.4 Å². The first kappa shape index (κ1) is 16.8. The van der Waals surface area contributed by atoms with E-state index in [0.717, 1.165) is 25.1 Å². The van der Waals surface area contributed by atoms with Crippen molar-refractivity contribution in [3.8, 4) is 5.75 Å². The molecule has 0 spiro atoms. The van der Waals surface area contributed by atoms with Crippen molar-refractivity contribution in [3.63, 3.8) is 0 Å². The molecule has 2 aliphatic rings. The third-order valence-corrected chi connectivity index (χ3v) is 5.05. The van der Waals surface area contributed by atoms with Crippen LogP contribution in [0.15, 0.2) is 24.3 Å². The normalized spacial score (nSPS) is 24.0. The van der Waals surface area contributed by atoms with Crippen molar-refractivity contribution >= 4 is 17.5 Å². The van der Waals surface area contributed by atoms with Gasteiger partial charge in [-0.3, -0.25) is 9.59 Å². The molecule has 0 bridgehead atoms. The lowest BCUT2D eigenvalue weighted by Gasteiger charge is -2.29. The predicted molar refractivity (Wildman–Crippen MR) is 93.1 cm³/mol. The van der Waals surface area contributed by atoms with Gasteiger partial charge < -0.3 is 15.0 Å². The van der Waals surface area contributed by atoms with Crippen molar-refractivity contribution < 1.29 is 14.3 Å². The van der Waals surface area contributed by atoms with E-state index in [1.54, 1.807) is 4.90 Å². The lowest BCUT2D eigenvalue weighted by atomic mass is 9.86. The first-order chi connectivity index (χ1) is 11.6. The van der Waals surface area contributed by atoms with Crippen molar-refractivity contribution in [2.45, 2.75) is 51.5 Å². The zero-order valence-corrected chi connectivity index (χ0v) is 14.3. The summed E-state index contributed by atoms with van der Waals surface area (Å²) in [6.45, 7) is 3.01. The zero-order valence-electron chi connectivity index (χ0n) is 14.3. The molecule has 2 amide bonds. The largest absolute Gasteiger partial charge is 0.484 e. The third kappa shape index (κ3) is 4.08. The smallest absolute Gasteiger partial charge is 0.258 e. The number of carbonyl (C=O) groups excluding carboxylic acids is 2. The second-order valence-corrected chi connectivity index (χ2v) is 6.87. The monoisotopic (exact) mass is 330 g/mol. The summed E-state index contributed by atoms with van der Waals surface area (Å²) in [5.74, 6) is 1.30. The molecular weight excluding hydrogens is 304 g/mol. The van der Waals surface area contributed by atoms with Crippen LogP contribution in [-0.2, 0) is 9.59 Å². The van der Waals surface area contributed by atoms with E-state index in [-0.39, 0.29) is 24.5 Å². The van der Waals surface area contributed by atoms with Crippen LogP contribution >= 0.6 is 0 Å². The molecule has 0 unspecified atom stereocenters. The van der Waals surface area contributed by atoms with Crippen molar-refractivity contribution in [1.29, 1.82) is 0 Å². The highest BCUT2D eigenvalue weighted by molar-refractivity contribution is 5.95. The number of amides is 2. The second-order valence-electron chi connectivity index (χ2n) is 6.87. The highest BCUT2D eigenvalue weighted by atomic mass is 16.5. The number of ether oxygens (including phenoxy) is 1. The van der Waals surface area contributed by atoms with Gasteiger partial charge >= 0.3 is 0 Å². The Balaban J connectivity index is 1.47. The molecule has 2 atom stereocenters. The van der Waals surface area contributed by atoms with Crippen molar-refractivity contribution in [2.24, 2.45) is 5.92 Å². The molecule has 1 N–H and O–H groups in total. The summed E-state index contributed by atoms with van der Waals surface area (Å²) in [5, 5.41) is 3.08. The van der Waals surface area contributed by atoms with Crippen LogP contribution in [0.4, 0.5) is 5.69 Å². The Morgan fingerprint density at radius 1 is 1.21 bits per heavy atom. The zero-order chi connectivity index (χ0) is 16.9. The van der Waals surface area contributed by atoms with Gasteiger partial charge in [0.2, 0.25) is 5.91 Å². The van der Waals surface area contributed by atoms with Gasteiger partial charge in [-0.2, -0.15) is 0 Å². The molecule has 1 saturated carbocycles. The third-order valence-electron chi connectivity index (χ3n) is 5.05. The Morgan fingerprint density at radius 2 is 1.96 bits per heavy atom. The average Bonchev–Trinajstić information content (AvgIpc) is 3.02. The number of carbonyl (C=O) groups is 2.